The van der Waals surface area contributed by atoms with Gasteiger partial charge in [0.15, 0.2) is 0 Å². The molecule has 4 fully saturated rings. The molecule has 0 aromatic carbocycles. The Kier molecular flexibility index (Phi) is 1.56. The molecule has 2 nitrogen and oxygen atoms in total. The van der Waals surface area contributed by atoms with Crippen molar-refractivity contribution in [3.05, 3.63) is 24.3 Å². The maximum absolute atomic E-state index is 11.6. The van der Waals surface area contributed by atoms with E-state index in [4.69, 9.17) is 4.74 Å². The van der Waals surface area contributed by atoms with Crippen LogP contribution in [0.3, 0.4) is 0 Å². The van der Waals surface area contributed by atoms with Gasteiger partial charge in [-0.05, 0) is 42.4 Å². The summed E-state index contributed by atoms with van der Waals surface area (Å²) in [6.07, 6.45) is 3.48. The van der Waals surface area contributed by atoms with Crippen LogP contribution in [0.25, 0.3) is 0 Å². The first-order chi connectivity index (χ1) is 8.02. The normalized spacial score (nSPS) is 55.1. The summed E-state index contributed by atoms with van der Waals surface area (Å²) in [5.74, 6) is 2.27. The molecule has 3 saturated carbocycles. The molecule has 1 saturated heterocycles. The van der Waals surface area contributed by atoms with E-state index in [2.05, 4.69) is 20.1 Å². The van der Waals surface area contributed by atoms with Gasteiger partial charge < -0.3 is 4.74 Å². The molecule has 0 spiro atoms. The van der Waals surface area contributed by atoms with E-state index in [0.717, 1.165) is 24.7 Å². The minimum absolute atomic E-state index is 0.100. The van der Waals surface area contributed by atoms with E-state index in [1.54, 1.807) is 0 Å². The molecule has 4 rings (SSSR count). The minimum atomic E-state index is -0.165. The molecule has 1 aliphatic heterocycles. The van der Waals surface area contributed by atoms with E-state index >= 15 is 0 Å². The summed E-state index contributed by atoms with van der Waals surface area (Å²) < 4.78 is 5.48. The number of carbonyl (C=O) groups excluding carboxylic acids is 1. The topological polar surface area (TPSA) is 26.3 Å². The van der Waals surface area contributed by atoms with Gasteiger partial charge in [0.25, 0.3) is 0 Å². The molecule has 1 heterocycles. The molecule has 2 heteroatoms. The summed E-state index contributed by atoms with van der Waals surface area (Å²) in [5.41, 5.74) is 2.49. The smallest absolute Gasteiger partial charge is 0.334 e. The van der Waals surface area contributed by atoms with E-state index in [-0.39, 0.29) is 18.0 Å². The van der Waals surface area contributed by atoms with Gasteiger partial charge in [-0.1, -0.05) is 25.7 Å². The second kappa shape index (κ2) is 2.68. The van der Waals surface area contributed by atoms with E-state index in [9.17, 15) is 4.79 Å². The molecule has 0 aromatic heterocycles. The quantitative estimate of drug-likeness (QED) is 0.363. The van der Waals surface area contributed by atoms with E-state index < -0.39 is 0 Å². The van der Waals surface area contributed by atoms with Gasteiger partial charge in [0.05, 0.1) is 0 Å². The highest BCUT2D eigenvalue weighted by atomic mass is 16.6. The fourth-order valence-corrected chi connectivity index (χ4v) is 4.82. The standard InChI is InChI=1S/C15H18O2/c1-7-9-4-12(9)15(3)6-13-10(5-11(7)15)8(2)14(16)17-13/h9-13H,1-2,4-6H2,3H3/t9-,10+,11+,12-,13+,15-/m0/s1. The predicted octanol–water partition coefficient (Wildman–Crippen LogP) is 2.71. The van der Waals surface area contributed by atoms with Gasteiger partial charge >= 0.3 is 5.97 Å². The first-order valence-electron chi connectivity index (χ1n) is 6.61. The summed E-state index contributed by atoms with van der Waals surface area (Å²) in [6, 6.07) is 0. The van der Waals surface area contributed by atoms with Crippen LogP contribution in [-0.2, 0) is 9.53 Å². The zero-order valence-corrected chi connectivity index (χ0v) is 10.2. The minimum Gasteiger partial charge on any atom is -0.458 e. The number of allylic oxidation sites excluding steroid dienone is 1. The van der Waals surface area contributed by atoms with Crippen LogP contribution in [0.15, 0.2) is 24.3 Å². The molecule has 90 valence electrons. The maximum atomic E-state index is 11.6. The Hall–Kier alpha value is -1.05. The van der Waals surface area contributed by atoms with Crippen LogP contribution in [0.5, 0.6) is 0 Å². The fraction of sp³-hybridized carbons (Fsp3) is 0.667. The molecule has 17 heavy (non-hydrogen) atoms. The van der Waals surface area contributed by atoms with Crippen molar-refractivity contribution in [1.82, 2.24) is 0 Å². The molecule has 0 amide bonds. The average molecular weight is 230 g/mol. The van der Waals surface area contributed by atoms with Gasteiger partial charge in [-0.3, -0.25) is 0 Å². The third-order valence-electron chi connectivity index (χ3n) is 5.91. The van der Waals surface area contributed by atoms with Crippen molar-refractivity contribution < 1.29 is 9.53 Å². The van der Waals surface area contributed by atoms with Gasteiger partial charge in [-0.2, -0.15) is 0 Å². The van der Waals surface area contributed by atoms with Gasteiger partial charge in [0.1, 0.15) is 6.10 Å². The SMILES string of the molecule is C=C1C(=O)O[C@@H]2C[C@@]3(C)[C@H](C[C@H]12)C(=C)[C@@H]1C[C@@H]13. The number of esters is 1. The fourth-order valence-electron chi connectivity index (χ4n) is 4.82. The maximum Gasteiger partial charge on any atom is 0.334 e. The largest absolute Gasteiger partial charge is 0.458 e. The van der Waals surface area contributed by atoms with E-state index in [1.807, 2.05) is 0 Å². The third kappa shape index (κ3) is 1.00. The van der Waals surface area contributed by atoms with Crippen LogP contribution < -0.4 is 0 Å². The molecule has 6 atom stereocenters. The second-order valence-corrected chi connectivity index (χ2v) is 6.60. The van der Waals surface area contributed by atoms with Gasteiger partial charge in [-0.25, -0.2) is 4.79 Å². The summed E-state index contributed by atoms with van der Waals surface area (Å²) in [4.78, 5) is 11.6. The molecule has 0 radical (unpaired) electrons. The molecule has 0 bridgehead atoms. The Morgan fingerprint density at radius 3 is 2.82 bits per heavy atom. The second-order valence-electron chi connectivity index (χ2n) is 6.60. The summed E-state index contributed by atoms with van der Waals surface area (Å²) in [5, 5.41) is 0. The van der Waals surface area contributed by atoms with E-state index in [0.29, 0.717) is 16.9 Å². The first kappa shape index (κ1) is 9.93. The highest BCUT2D eigenvalue weighted by Gasteiger charge is 2.66. The Balaban J connectivity index is 1.72. The Bertz CT molecular complexity index is 464. The van der Waals surface area contributed by atoms with Crippen molar-refractivity contribution in [2.75, 3.05) is 0 Å². The molecule has 0 N–H and O–H groups in total. The van der Waals surface area contributed by atoms with Crippen LogP contribution in [0, 0.1) is 29.1 Å². The third-order valence-corrected chi connectivity index (χ3v) is 5.91. The molecule has 4 aliphatic rings. The molecule has 3 aliphatic carbocycles. The number of rotatable bonds is 0. The van der Waals surface area contributed by atoms with Crippen LogP contribution in [-0.4, -0.2) is 12.1 Å². The number of carbonyl (C=O) groups is 1. The monoisotopic (exact) mass is 230 g/mol. The zero-order chi connectivity index (χ0) is 11.9. The number of ether oxygens (including phenoxy) is 1. The van der Waals surface area contributed by atoms with Crippen molar-refractivity contribution in [3.63, 3.8) is 0 Å². The number of hydrogen-bond acceptors (Lipinski definition) is 2. The number of hydrogen-bond donors (Lipinski definition) is 0. The Morgan fingerprint density at radius 1 is 1.29 bits per heavy atom. The van der Waals surface area contributed by atoms with Crippen LogP contribution in [0.4, 0.5) is 0 Å². The average Bonchev–Trinajstić information content (AvgIpc) is 2.99. The molecule has 0 aromatic rings. The van der Waals surface area contributed by atoms with Crippen LogP contribution >= 0.6 is 0 Å². The van der Waals surface area contributed by atoms with Crippen LogP contribution in [0.1, 0.15) is 26.2 Å². The summed E-state index contributed by atoms with van der Waals surface area (Å²) in [7, 11) is 0. The van der Waals surface area contributed by atoms with Gasteiger partial charge in [0, 0.05) is 11.5 Å². The summed E-state index contributed by atoms with van der Waals surface area (Å²) in [6.45, 7) is 10.6. The molecular weight excluding hydrogens is 212 g/mol. The Morgan fingerprint density at radius 2 is 2.06 bits per heavy atom. The van der Waals surface area contributed by atoms with Crippen LogP contribution in [0.2, 0.25) is 0 Å². The van der Waals surface area contributed by atoms with Gasteiger partial charge in [-0.15, -0.1) is 0 Å². The van der Waals surface area contributed by atoms with Crippen molar-refractivity contribution in [2.24, 2.45) is 29.1 Å². The molecule has 0 unspecified atom stereocenters. The van der Waals surface area contributed by atoms with Crippen molar-refractivity contribution in [3.8, 4) is 0 Å². The van der Waals surface area contributed by atoms with E-state index in [1.165, 1.54) is 12.0 Å². The zero-order valence-electron chi connectivity index (χ0n) is 10.2. The molecular formula is C15H18O2. The van der Waals surface area contributed by atoms with Crippen molar-refractivity contribution >= 4 is 5.97 Å². The highest BCUT2D eigenvalue weighted by Crippen LogP contribution is 2.72. The Labute approximate surface area is 102 Å². The van der Waals surface area contributed by atoms with Crippen molar-refractivity contribution in [1.29, 1.82) is 0 Å². The lowest BCUT2D eigenvalue weighted by atomic mass is 9.61. The summed E-state index contributed by atoms with van der Waals surface area (Å²) >= 11 is 0. The first-order valence-corrected chi connectivity index (χ1v) is 6.61. The van der Waals surface area contributed by atoms with Gasteiger partial charge in [0.2, 0.25) is 0 Å². The number of fused-ring (bicyclic) bond motifs is 4. The lowest BCUT2D eigenvalue weighted by molar-refractivity contribution is -0.142. The predicted molar refractivity (Wildman–Crippen MR) is 64.1 cm³/mol. The lowest BCUT2D eigenvalue weighted by Gasteiger charge is -2.43. The van der Waals surface area contributed by atoms with Crippen molar-refractivity contribution in [2.45, 2.75) is 32.3 Å². The highest BCUT2D eigenvalue weighted by molar-refractivity contribution is 5.90. The lowest BCUT2D eigenvalue weighted by Crippen LogP contribution is -2.40.